The molecule has 1 atom stereocenters. The molecule has 0 aromatic heterocycles. The highest BCUT2D eigenvalue weighted by Gasteiger charge is 2.15. The first-order valence-electron chi connectivity index (χ1n) is 7.56. The SMILES string of the molecule is CCC(=O)Oc1ccc(O)c(O)c1.COc1ccc(C(O)C(=O)O)cc1. The zero-order valence-electron chi connectivity index (χ0n) is 14.2. The highest BCUT2D eigenvalue weighted by atomic mass is 16.5. The minimum absolute atomic E-state index is 0.224. The molecule has 0 fully saturated rings. The summed E-state index contributed by atoms with van der Waals surface area (Å²) in [5, 5.41) is 35.6. The number of esters is 1. The summed E-state index contributed by atoms with van der Waals surface area (Å²) in [6.45, 7) is 1.67. The zero-order valence-corrected chi connectivity index (χ0v) is 14.2. The number of carbonyl (C=O) groups is 2. The van der Waals surface area contributed by atoms with Crippen LogP contribution in [0.25, 0.3) is 0 Å². The quantitative estimate of drug-likeness (QED) is 0.360. The molecule has 0 radical (unpaired) electrons. The molecule has 140 valence electrons. The maximum absolute atomic E-state index is 10.8. The Hall–Kier alpha value is -3.26. The van der Waals surface area contributed by atoms with Gasteiger partial charge in [0.25, 0.3) is 0 Å². The highest BCUT2D eigenvalue weighted by molar-refractivity contribution is 5.74. The molecule has 0 spiro atoms. The molecule has 8 heteroatoms. The Morgan fingerprint density at radius 1 is 1.00 bits per heavy atom. The van der Waals surface area contributed by atoms with Gasteiger partial charge in [0.15, 0.2) is 17.6 Å². The summed E-state index contributed by atoms with van der Waals surface area (Å²) in [6.07, 6.45) is -1.20. The molecule has 0 aliphatic rings. The molecule has 8 nitrogen and oxygen atoms in total. The Morgan fingerprint density at radius 3 is 2.04 bits per heavy atom. The molecule has 0 heterocycles. The number of aliphatic carboxylic acids is 1. The van der Waals surface area contributed by atoms with Gasteiger partial charge >= 0.3 is 11.9 Å². The number of carbonyl (C=O) groups excluding carboxylic acids is 1. The van der Waals surface area contributed by atoms with Crippen molar-refractivity contribution in [1.82, 2.24) is 0 Å². The van der Waals surface area contributed by atoms with Gasteiger partial charge in [0.2, 0.25) is 0 Å². The molecule has 0 bridgehead atoms. The summed E-state index contributed by atoms with van der Waals surface area (Å²) in [7, 11) is 1.52. The van der Waals surface area contributed by atoms with Crippen LogP contribution >= 0.6 is 0 Å². The van der Waals surface area contributed by atoms with Crippen LogP contribution < -0.4 is 9.47 Å². The molecule has 2 aromatic rings. The number of hydrogen-bond acceptors (Lipinski definition) is 7. The van der Waals surface area contributed by atoms with Crippen molar-refractivity contribution in [1.29, 1.82) is 0 Å². The third-order valence-corrected chi connectivity index (χ3v) is 3.13. The van der Waals surface area contributed by atoms with E-state index in [-0.39, 0.29) is 29.6 Å². The predicted octanol–water partition coefficient (Wildman–Crippen LogP) is 2.23. The van der Waals surface area contributed by atoms with Crippen LogP contribution in [0.1, 0.15) is 25.0 Å². The molecule has 0 aliphatic heterocycles. The van der Waals surface area contributed by atoms with Gasteiger partial charge in [0.1, 0.15) is 11.5 Å². The summed E-state index contributed by atoms with van der Waals surface area (Å²) >= 11 is 0. The first-order chi connectivity index (χ1) is 12.3. The van der Waals surface area contributed by atoms with Crippen molar-refractivity contribution < 1.29 is 39.5 Å². The van der Waals surface area contributed by atoms with E-state index in [9.17, 15) is 9.59 Å². The minimum atomic E-state index is -1.47. The largest absolute Gasteiger partial charge is 0.504 e. The maximum atomic E-state index is 10.8. The third kappa shape index (κ3) is 6.33. The summed E-state index contributed by atoms with van der Waals surface area (Å²) in [5.41, 5.74) is 0.341. The van der Waals surface area contributed by atoms with E-state index in [2.05, 4.69) is 0 Å². The molecule has 0 saturated heterocycles. The number of aliphatic hydroxyl groups excluding tert-OH is 1. The van der Waals surface area contributed by atoms with Crippen LogP contribution in [0.3, 0.4) is 0 Å². The monoisotopic (exact) mass is 364 g/mol. The second-order valence-electron chi connectivity index (χ2n) is 4.99. The Kier molecular flexibility index (Phi) is 7.91. The van der Waals surface area contributed by atoms with Crippen LogP contribution in [0.15, 0.2) is 42.5 Å². The van der Waals surface area contributed by atoms with Crippen molar-refractivity contribution in [3.8, 4) is 23.0 Å². The number of carboxylic acid groups (broad SMARTS) is 1. The number of phenolic OH excluding ortho intramolecular Hbond substituents is 2. The van der Waals surface area contributed by atoms with E-state index in [1.54, 1.807) is 19.1 Å². The summed E-state index contributed by atoms with van der Waals surface area (Å²) in [4.78, 5) is 21.2. The van der Waals surface area contributed by atoms with Gasteiger partial charge < -0.3 is 29.9 Å². The van der Waals surface area contributed by atoms with E-state index >= 15 is 0 Å². The second-order valence-corrected chi connectivity index (χ2v) is 4.99. The van der Waals surface area contributed by atoms with Crippen LogP contribution in [-0.2, 0) is 9.59 Å². The zero-order chi connectivity index (χ0) is 19.7. The second kappa shape index (κ2) is 9.90. The fourth-order valence-corrected chi connectivity index (χ4v) is 1.70. The molecule has 4 N–H and O–H groups in total. The smallest absolute Gasteiger partial charge is 0.337 e. The average molecular weight is 364 g/mol. The summed E-state index contributed by atoms with van der Waals surface area (Å²) in [6, 6.07) is 10.1. The number of hydrogen-bond donors (Lipinski definition) is 4. The fourth-order valence-electron chi connectivity index (χ4n) is 1.70. The van der Waals surface area contributed by atoms with Gasteiger partial charge in [0, 0.05) is 12.5 Å². The number of phenols is 2. The van der Waals surface area contributed by atoms with E-state index in [4.69, 9.17) is 29.9 Å². The van der Waals surface area contributed by atoms with Crippen molar-refractivity contribution in [2.24, 2.45) is 0 Å². The molecular formula is C18H20O8. The van der Waals surface area contributed by atoms with Gasteiger partial charge in [-0.25, -0.2) is 4.79 Å². The van der Waals surface area contributed by atoms with Gasteiger partial charge in [-0.1, -0.05) is 19.1 Å². The molecule has 0 saturated carbocycles. The molecule has 1 unspecified atom stereocenters. The normalized spacial score (nSPS) is 10.9. The van der Waals surface area contributed by atoms with Crippen molar-refractivity contribution >= 4 is 11.9 Å². The number of carboxylic acids is 1. The molecule has 2 aromatic carbocycles. The van der Waals surface area contributed by atoms with Gasteiger partial charge in [0.05, 0.1) is 7.11 Å². The van der Waals surface area contributed by atoms with Gasteiger partial charge in [-0.05, 0) is 29.8 Å². The molecule has 2 rings (SSSR count). The maximum Gasteiger partial charge on any atom is 0.337 e. The van der Waals surface area contributed by atoms with E-state index in [0.29, 0.717) is 11.3 Å². The number of methoxy groups -OCH3 is 1. The fraction of sp³-hybridized carbons (Fsp3) is 0.222. The average Bonchev–Trinajstić information content (AvgIpc) is 2.64. The highest BCUT2D eigenvalue weighted by Crippen LogP contribution is 2.28. The first kappa shape index (κ1) is 20.8. The molecule has 26 heavy (non-hydrogen) atoms. The Morgan fingerprint density at radius 2 is 1.58 bits per heavy atom. The molecular weight excluding hydrogens is 344 g/mol. The third-order valence-electron chi connectivity index (χ3n) is 3.13. The van der Waals surface area contributed by atoms with Crippen LogP contribution in [-0.4, -0.2) is 39.5 Å². The van der Waals surface area contributed by atoms with Gasteiger partial charge in [-0.3, -0.25) is 4.79 Å². The molecule has 0 aliphatic carbocycles. The van der Waals surface area contributed by atoms with Crippen LogP contribution in [0.4, 0.5) is 0 Å². The topological polar surface area (TPSA) is 134 Å². The minimum Gasteiger partial charge on any atom is -0.504 e. The van der Waals surface area contributed by atoms with Crippen LogP contribution in [0.2, 0.25) is 0 Å². The van der Waals surface area contributed by atoms with E-state index in [0.717, 1.165) is 0 Å². The van der Waals surface area contributed by atoms with Crippen LogP contribution in [0, 0.1) is 0 Å². The number of aliphatic hydroxyl groups is 1. The lowest BCUT2D eigenvalue weighted by molar-refractivity contribution is -0.147. The first-order valence-corrected chi connectivity index (χ1v) is 7.56. The Labute approximate surface area is 149 Å². The molecule has 0 amide bonds. The van der Waals surface area contributed by atoms with Gasteiger partial charge in [-0.2, -0.15) is 0 Å². The van der Waals surface area contributed by atoms with E-state index < -0.39 is 12.1 Å². The number of benzene rings is 2. The van der Waals surface area contributed by atoms with Crippen molar-refractivity contribution in [2.75, 3.05) is 7.11 Å². The van der Waals surface area contributed by atoms with Crippen molar-refractivity contribution in [2.45, 2.75) is 19.4 Å². The lowest BCUT2D eigenvalue weighted by atomic mass is 10.1. The van der Waals surface area contributed by atoms with E-state index in [1.165, 1.54) is 37.4 Å². The summed E-state index contributed by atoms with van der Waals surface area (Å²) < 4.78 is 9.67. The predicted molar refractivity (Wildman–Crippen MR) is 91.3 cm³/mol. The van der Waals surface area contributed by atoms with Crippen LogP contribution in [0.5, 0.6) is 23.0 Å². The lowest BCUT2D eigenvalue weighted by Gasteiger charge is -2.06. The number of aromatic hydroxyl groups is 2. The summed E-state index contributed by atoms with van der Waals surface area (Å²) in [5.74, 6) is -1.34. The van der Waals surface area contributed by atoms with Gasteiger partial charge in [-0.15, -0.1) is 0 Å². The number of rotatable bonds is 5. The Bertz CT molecular complexity index is 739. The standard InChI is InChI=1S/2C9H10O4/c1-13-7-4-2-6(3-5-7)8(10)9(11)12;1-2-9(12)13-6-3-4-7(10)8(11)5-6/h2-5,8,10H,1H3,(H,11,12);3-5,10-11H,2H2,1H3. The number of ether oxygens (including phenoxy) is 2. The van der Waals surface area contributed by atoms with E-state index in [1.807, 2.05) is 0 Å². The Balaban J connectivity index is 0.000000260. The lowest BCUT2D eigenvalue weighted by Crippen LogP contribution is -2.09. The van der Waals surface area contributed by atoms with Crippen molar-refractivity contribution in [3.05, 3.63) is 48.0 Å². The van der Waals surface area contributed by atoms with Crippen molar-refractivity contribution in [3.63, 3.8) is 0 Å².